The van der Waals surface area contributed by atoms with Crippen LogP contribution in [0, 0.1) is 6.92 Å². The first-order valence-electron chi connectivity index (χ1n) is 10.9. The molecule has 0 aliphatic carbocycles. The molecule has 0 spiro atoms. The minimum Gasteiger partial charge on any atom is -0.493 e. The van der Waals surface area contributed by atoms with Crippen LogP contribution in [-0.4, -0.2) is 56.6 Å². The van der Waals surface area contributed by atoms with Crippen LogP contribution in [0.25, 0.3) is 0 Å². The molecule has 0 atom stereocenters. The van der Waals surface area contributed by atoms with E-state index in [-0.39, 0.29) is 30.4 Å². The number of carbonyl (C=O) groups excluding carboxylic acids is 3. The number of aryl methyl sites for hydroxylation is 1. The highest BCUT2D eigenvalue weighted by Crippen LogP contribution is 2.35. The van der Waals surface area contributed by atoms with Crippen molar-refractivity contribution < 1.29 is 28.6 Å². The molecule has 0 unspecified atom stereocenters. The van der Waals surface area contributed by atoms with Crippen LogP contribution in [0.2, 0.25) is 0 Å². The SMILES string of the molecule is CCOC(=O)c1c(NC(=O)CCc2ccc(OC)c(OC)c2)sc(C(=O)N(CC)CC)c1C. The van der Waals surface area contributed by atoms with E-state index in [1.54, 1.807) is 39.0 Å². The maximum Gasteiger partial charge on any atom is 0.341 e. The van der Waals surface area contributed by atoms with E-state index in [0.717, 1.165) is 16.9 Å². The fraction of sp³-hybridized carbons (Fsp3) is 0.458. The minimum absolute atomic E-state index is 0.168. The number of esters is 1. The largest absolute Gasteiger partial charge is 0.493 e. The molecule has 0 bridgehead atoms. The second-order valence-electron chi connectivity index (χ2n) is 7.20. The van der Waals surface area contributed by atoms with E-state index in [4.69, 9.17) is 14.2 Å². The zero-order valence-corrected chi connectivity index (χ0v) is 20.9. The summed E-state index contributed by atoms with van der Waals surface area (Å²) in [5, 5.41) is 3.15. The Morgan fingerprint density at radius 2 is 1.70 bits per heavy atom. The molecule has 8 nitrogen and oxygen atoms in total. The molecule has 1 aromatic heterocycles. The third-order valence-corrected chi connectivity index (χ3v) is 6.41. The van der Waals surface area contributed by atoms with Crippen LogP contribution in [0.15, 0.2) is 18.2 Å². The Kier molecular flexibility index (Phi) is 9.72. The Hall–Kier alpha value is -3.07. The number of thiophene rings is 1. The molecule has 0 radical (unpaired) electrons. The Morgan fingerprint density at radius 3 is 2.27 bits per heavy atom. The Balaban J connectivity index is 2.24. The minimum atomic E-state index is -0.556. The van der Waals surface area contributed by atoms with Crippen molar-refractivity contribution in [2.75, 3.05) is 39.2 Å². The summed E-state index contributed by atoms with van der Waals surface area (Å²) in [5.41, 5.74) is 1.66. The van der Waals surface area contributed by atoms with Crippen LogP contribution >= 0.6 is 11.3 Å². The molecule has 2 rings (SSSR count). The summed E-state index contributed by atoms with van der Waals surface area (Å²) in [5.74, 6) is 0.218. The topological polar surface area (TPSA) is 94.2 Å². The molecular weight excluding hydrogens is 444 g/mol. The molecule has 0 aliphatic heterocycles. The van der Waals surface area contributed by atoms with Gasteiger partial charge in [0.2, 0.25) is 5.91 Å². The van der Waals surface area contributed by atoms with Crippen LogP contribution < -0.4 is 14.8 Å². The van der Waals surface area contributed by atoms with Crippen molar-refractivity contribution in [3.63, 3.8) is 0 Å². The lowest BCUT2D eigenvalue weighted by atomic mass is 10.1. The summed E-state index contributed by atoms with van der Waals surface area (Å²) in [6.07, 6.45) is 0.657. The molecule has 0 saturated heterocycles. The lowest BCUT2D eigenvalue weighted by molar-refractivity contribution is -0.116. The highest BCUT2D eigenvalue weighted by atomic mass is 32.1. The average molecular weight is 477 g/mol. The van der Waals surface area contributed by atoms with Crippen molar-refractivity contribution in [1.82, 2.24) is 4.90 Å². The fourth-order valence-corrected chi connectivity index (χ4v) is 4.57. The summed E-state index contributed by atoms with van der Waals surface area (Å²) in [6.45, 7) is 8.51. The van der Waals surface area contributed by atoms with Crippen molar-refractivity contribution in [3.05, 3.63) is 39.8 Å². The first kappa shape index (κ1) is 26.2. The molecule has 180 valence electrons. The number of benzene rings is 1. The van der Waals surface area contributed by atoms with E-state index in [1.807, 2.05) is 26.0 Å². The number of nitrogens with zero attached hydrogens (tertiary/aromatic N) is 1. The molecule has 1 heterocycles. The number of amides is 2. The molecule has 0 aliphatic rings. The van der Waals surface area contributed by atoms with E-state index >= 15 is 0 Å². The molecule has 0 saturated carbocycles. The molecule has 2 aromatic rings. The Bertz CT molecular complexity index is 997. The monoisotopic (exact) mass is 476 g/mol. The van der Waals surface area contributed by atoms with Gasteiger partial charge in [-0.1, -0.05) is 6.07 Å². The van der Waals surface area contributed by atoms with Gasteiger partial charge in [-0.25, -0.2) is 4.79 Å². The van der Waals surface area contributed by atoms with Crippen molar-refractivity contribution >= 4 is 34.1 Å². The molecule has 9 heteroatoms. The maximum atomic E-state index is 12.9. The van der Waals surface area contributed by atoms with Crippen molar-refractivity contribution in [1.29, 1.82) is 0 Å². The number of methoxy groups -OCH3 is 2. The summed E-state index contributed by atoms with van der Waals surface area (Å²) in [6, 6.07) is 5.49. The number of anilines is 1. The average Bonchev–Trinajstić information content (AvgIpc) is 3.13. The lowest BCUT2D eigenvalue weighted by Crippen LogP contribution is -2.30. The van der Waals surface area contributed by atoms with E-state index in [9.17, 15) is 14.4 Å². The van der Waals surface area contributed by atoms with Crippen molar-refractivity contribution in [2.45, 2.75) is 40.5 Å². The Labute approximate surface area is 198 Å². The van der Waals surface area contributed by atoms with Gasteiger partial charge in [-0.05, 0) is 57.4 Å². The summed E-state index contributed by atoms with van der Waals surface area (Å²) in [4.78, 5) is 40.4. The maximum absolute atomic E-state index is 12.9. The molecule has 1 N–H and O–H groups in total. The van der Waals surface area contributed by atoms with Gasteiger partial charge in [-0.3, -0.25) is 9.59 Å². The molecular formula is C24H32N2O6S. The van der Waals surface area contributed by atoms with E-state index in [2.05, 4.69) is 5.32 Å². The van der Waals surface area contributed by atoms with Gasteiger partial charge < -0.3 is 24.4 Å². The Morgan fingerprint density at radius 1 is 1.03 bits per heavy atom. The standard InChI is InChI=1S/C24H32N2O6S/c1-7-26(8-2)23(28)21-15(4)20(24(29)32-9-3)22(33-21)25-19(27)13-11-16-10-12-17(30-5)18(14-16)31-6/h10,12,14H,7-9,11,13H2,1-6H3,(H,25,27). The predicted molar refractivity (Wildman–Crippen MR) is 129 cm³/mol. The highest BCUT2D eigenvalue weighted by Gasteiger charge is 2.28. The zero-order valence-electron chi connectivity index (χ0n) is 20.1. The quantitative estimate of drug-likeness (QED) is 0.486. The van der Waals surface area contributed by atoms with E-state index in [0.29, 0.717) is 46.5 Å². The summed E-state index contributed by atoms with van der Waals surface area (Å²) in [7, 11) is 3.12. The first-order chi connectivity index (χ1) is 15.8. The van der Waals surface area contributed by atoms with Gasteiger partial charge in [0.15, 0.2) is 11.5 Å². The van der Waals surface area contributed by atoms with E-state index < -0.39 is 5.97 Å². The molecule has 1 aromatic carbocycles. The van der Waals surface area contributed by atoms with Gasteiger partial charge in [0.1, 0.15) is 5.00 Å². The fourth-order valence-electron chi connectivity index (χ4n) is 3.39. The summed E-state index contributed by atoms with van der Waals surface area (Å²) >= 11 is 1.11. The van der Waals surface area contributed by atoms with Gasteiger partial charge in [-0.15, -0.1) is 11.3 Å². The number of carbonyl (C=O) groups is 3. The second kappa shape index (κ2) is 12.2. The van der Waals surface area contributed by atoms with Crippen LogP contribution in [-0.2, 0) is 16.0 Å². The summed E-state index contributed by atoms with van der Waals surface area (Å²) < 4.78 is 15.7. The number of nitrogens with one attached hydrogen (secondary N) is 1. The smallest absolute Gasteiger partial charge is 0.341 e. The second-order valence-corrected chi connectivity index (χ2v) is 8.22. The molecule has 0 fully saturated rings. The molecule has 33 heavy (non-hydrogen) atoms. The van der Waals surface area contributed by atoms with Gasteiger partial charge in [-0.2, -0.15) is 0 Å². The van der Waals surface area contributed by atoms with Crippen LogP contribution in [0.5, 0.6) is 11.5 Å². The number of hydrogen-bond donors (Lipinski definition) is 1. The van der Waals surface area contributed by atoms with Gasteiger partial charge in [0.05, 0.1) is 31.3 Å². The van der Waals surface area contributed by atoms with Crippen molar-refractivity contribution in [3.8, 4) is 11.5 Å². The number of ether oxygens (including phenoxy) is 3. The highest BCUT2D eigenvalue weighted by molar-refractivity contribution is 7.18. The predicted octanol–water partition coefficient (Wildman–Crippen LogP) is 4.30. The normalized spacial score (nSPS) is 10.5. The first-order valence-corrected chi connectivity index (χ1v) is 11.7. The van der Waals surface area contributed by atoms with Crippen LogP contribution in [0.3, 0.4) is 0 Å². The van der Waals surface area contributed by atoms with Crippen molar-refractivity contribution in [2.24, 2.45) is 0 Å². The zero-order chi connectivity index (χ0) is 24.5. The number of hydrogen-bond acceptors (Lipinski definition) is 7. The van der Waals surface area contributed by atoms with Gasteiger partial charge in [0, 0.05) is 19.5 Å². The van der Waals surface area contributed by atoms with Crippen LogP contribution in [0.1, 0.15) is 58.3 Å². The number of rotatable bonds is 11. The van der Waals surface area contributed by atoms with Gasteiger partial charge >= 0.3 is 5.97 Å². The third-order valence-electron chi connectivity index (χ3n) is 5.21. The van der Waals surface area contributed by atoms with Gasteiger partial charge in [0.25, 0.3) is 5.91 Å². The molecule has 2 amide bonds. The lowest BCUT2D eigenvalue weighted by Gasteiger charge is -2.18. The van der Waals surface area contributed by atoms with E-state index in [1.165, 1.54) is 0 Å². The third kappa shape index (κ3) is 6.25. The van der Waals surface area contributed by atoms with Crippen LogP contribution in [0.4, 0.5) is 5.00 Å².